The molecule has 34 heavy (non-hydrogen) atoms. The molecule has 0 spiro atoms. The highest BCUT2D eigenvalue weighted by Crippen LogP contribution is 2.26. The Hall–Kier alpha value is -0.260. The molecule has 0 amide bonds. The second kappa shape index (κ2) is 27.3. The van der Waals surface area contributed by atoms with Crippen molar-refractivity contribution in [2.45, 2.75) is 195 Å². The van der Waals surface area contributed by atoms with Gasteiger partial charge in [0.2, 0.25) is 0 Å². The van der Waals surface area contributed by atoms with Gasteiger partial charge in [0.1, 0.15) is 0 Å². The second-order valence-corrected chi connectivity index (χ2v) is 11.8. The van der Waals surface area contributed by atoms with E-state index < -0.39 is 0 Å². The van der Waals surface area contributed by atoms with Gasteiger partial charge in [0.15, 0.2) is 0 Å². The predicted molar refractivity (Wildman–Crippen MR) is 159 cm³/mol. The Morgan fingerprint density at radius 1 is 0.441 bits per heavy atom. The normalized spacial score (nSPS) is 13.3. The van der Waals surface area contributed by atoms with Crippen LogP contribution in [0.3, 0.4) is 0 Å². The topological polar surface area (TPSA) is 0 Å². The molecule has 0 aliphatic rings. The molecule has 0 aliphatic carbocycles. The molecule has 0 heteroatoms. The van der Waals surface area contributed by atoms with Crippen LogP contribution in [0.15, 0.2) is 12.2 Å². The van der Waals surface area contributed by atoms with Crippen LogP contribution < -0.4 is 0 Å². The molecule has 0 aromatic rings. The summed E-state index contributed by atoms with van der Waals surface area (Å²) in [5, 5.41) is 0. The van der Waals surface area contributed by atoms with E-state index in [1.54, 1.807) is 0 Å². The van der Waals surface area contributed by atoms with Crippen molar-refractivity contribution >= 4 is 0 Å². The Labute approximate surface area is 218 Å². The van der Waals surface area contributed by atoms with E-state index in [4.69, 9.17) is 0 Å². The summed E-state index contributed by atoms with van der Waals surface area (Å²) in [6.07, 6.45) is 37.0. The van der Waals surface area contributed by atoms with Crippen molar-refractivity contribution in [1.29, 1.82) is 0 Å². The first-order valence-electron chi connectivity index (χ1n) is 16.3. The standard InChI is InChI=1S/C34H68/c1-6-9-12-14-17-21-25-32(4)26-22-18-15-16-19-23-27-33(5)30-31-34(28-20-11-8-3)29-24-13-10-7-2/h32,34H,5-31H2,1-4H3. The fraction of sp³-hybridized carbons (Fsp3) is 0.941. The van der Waals surface area contributed by atoms with Crippen molar-refractivity contribution in [3.63, 3.8) is 0 Å². The van der Waals surface area contributed by atoms with Crippen LogP contribution in [0.4, 0.5) is 0 Å². The minimum absolute atomic E-state index is 0.951. The van der Waals surface area contributed by atoms with Crippen molar-refractivity contribution in [2.24, 2.45) is 11.8 Å². The zero-order valence-corrected chi connectivity index (χ0v) is 24.7. The van der Waals surface area contributed by atoms with Crippen molar-refractivity contribution in [2.75, 3.05) is 0 Å². The van der Waals surface area contributed by atoms with Crippen LogP contribution in [-0.2, 0) is 0 Å². The van der Waals surface area contributed by atoms with Crippen LogP contribution in [0.2, 0.25) is 0 Å². The smallest absolute Gasteiger partial charge is 0.0320 e. The lowest BCUT2D eigenvalue weighted by Crippen LogP contribution is -2.02. The third-order valence-corrected chi connectivity index (χ3v) is 8.12. The van der Waals surface area contributed by atoms with Crippen LogP contribution in [0.5, 0.6) is 0 Å². The Morgan fingerprint density at radius 3 is 1.38 bits per heavy atom. The number of hydrogen-bond donors (Lipinski definition) is 0. The van der Waals surface area contributed by atoms with Gasteiger partial charge in [0.25, 0.3) is 0 Å². The molecular formula is C34H68. The number of unbranched alkanes of at least 4 members (excludes halogenated alkanes) is 15. The highest BCUT2D eigenvalue weighted by Gasteiger charge is 2.09. The highest BCUT2D eigenvalue weighted by atomic mass is 14.2. The number of allylic oxidation sites excluding steroid dienone is 1. The first kappa shape index (κ1) is 33.7. The maximum Gasteiger partial charge on any atom is -0.0320 e. The molecule has 0 N–H and O–H groups in total. The van der Waals surface area contributed by atoms with Gasteiger partial charge >= 0.3 is 0 Å². The van der Waals surface area contributed by atoms with E-state index in [2.05, 4.69) is 34.3 Å². The van der Waals surface area contributed by atoms with Crippen molar-refractivity contribution in [3.05, 3.63) is 12.2 Å². The molecule has 0 radical (unpaired) electrons. The molecule has 0 aromatic heterocycles. The van der Waals surface area contributed by atoms with Gasteiger partial charge in [-0.15, -0.1) is 0 Å². The van der Waals surface area contributed by atoms with Crippen LogP contribution in [0.1, 0.15) is 195 Å². The monoisotopic (exact) mass is 477 g/mol. The quantitative estimate of drug-likeness (QED) is 0.0777. The summed E-state index contributed by atoms with van der Waals surface area (Å²) in [5.41, 5.74) is 1.54. The van der Waals surface area contributed by atoms with E-state index in [1.165, 1.54) is 173 Å². The first-order valence-corrected chi connectivity index (χ1v) is 16.3. The van der Waals surface area contributed by atoms with E-state index in [0.717, 1.165) is 11.8 Å². The lowest BCUT2D eigenvalue weighted by atomic mass is 9.88. The largest absolute Gasteiger partial charge is 0.0999 e. The van der Waals surface area contributed by atoms with Crippen LogP contribution in [0, 0.1) is 11.8 Å². The number of rotatable bonds is 28. The Bertz CT molecular complexity index is 395. The molecule has 0 fully saturated rings. The van der Waals surface area contributed by atoms with Gasteiger partial charge in [-0.25, -0.2) is 0 Å². The third kappa shape index (κ3) is 24.9. The summed E-state index contributed by atoms with van der Waals surface area (Å²) in [6.45, 7) is 13.9. The molecule has 0 rings (SSSR count). The van der Waals surface area contributed by atoms with Gasteiger partial charge < -0.3 is 0 Å². The molecule has 0 aromatic carbocycles. The van der Waals surface area contributed by atoms with Gasteiger partial charge in [0.05, 0.1) is 0 Å². The fourth-order valence-electron chi connectivity index (χ4n) is 5.50. The van der Waals surface area contributed by atoms with Crippen LogP contribution in [-0.4, -0.2) is 0 Å². The Kier molecular flexibility index (Phi) is 27.1. The average molecular weight is 477 g/mol. The molecule has 0 bridgehead atoms. The van der Waals surface area contributed by atoms with E-state index >= 15 is 0 Å². The zero-order chi connectivity index (χ0) is 25.1. The fourth-order valence-corrected chi connectivity index (χ4v) is 5.50. The maximum absolute atomic E-state index is 4.44. The summed E-state index contributed by atoms with van der Waals surface area (Å²) in [5.74, 6) is 1.91. The highest BCUT2D eigenvalue weighted by molar-refractivity contribution is 4.94. The molecule has 0 saturated heterocycles. The molecule has 0 saturated carbocycles. The molecule has 2 atom stereocenters. The van der Waals surface area contributed by atoms with E-state index in [0.29, 0.717) is 0 Å². The van der Waals surface area contributed by atoms with Crippen LogP contribution >= 0.6 is 0 Å². The number of hydrogen-bond acceptors (Lipinski definition) is 0. The minimum Gasteiger partial charge on any atom is -0.0999 e. The summed E-state index contributed by atoms with van der Waals surface area (Å²) in [4.78, 5) is 0. The molecule has 0 aliphatic heterocycles. The summed E-state index contributed by atoms with van der Waals surface area (Å²) >= 11 is 0. The molecule has 204 valence electrons. The van der Waals surface area contributed by atoms with E-state index in [-0.39, 0.29) is 0 Å². The lowest BCUT2D eigenvalue weighted by molar-refractivity contribution is 0.382. The van der Waals surface area contributed by atoms with Gasteiger partial charge in [-0.2, -0.15) is 0 Å². The lowest BCUT2D eigenvalue weighted by Gasteiger charge is -2.17. The first-order chi connectivity index (χ1) is 16.6. The van der Waals surface area contributed by atoms with E-state index in [9.17, 15) is 0 Å². The van der Waals surface area contributed by atoms with Gasteiger partial charge in [-0.05, 0) is 37.5 Å². The van der Waals surface area contributed by atoms with Gasteiger partial charge in [-0.3, -0.25) is 0 Å². The summed E-state index contributed by atoms with van der Waals surface area (Å²) in [7, 11) is 0. The van der Waals surface area contributed by atoms with Crippen LogP contribution in [0.25, 0.3) is 0 Å². The predicted octanol–water partition coefficient (Wildman–Crippen LogP) is 13.0. The molecule has 2 unspecified atom stereocenters. The van der Waals surface area contributed by atoms with Crippen molar-refractivity contribution in [3.8, 4) is 0 Å². The Morgan fingerprint density at radius 2 is 0.824 bits per heavy atom. The van der Waals surface area contributed by atoms with E-state index in [1.807, 2.05) is 0 Å². The molecule has 0 heterocycles. The molecule has 0 nitrogen and oxygen atoms in total. The van der Waals surface area contributed by atoms with Crippen molar-refractivity contribution < 1.29 is 0 Å². The van der Waals surface area contributed by atoms with Crippen molar-refractivity contribution in [1.82, 2.24) is 0 Å². The summed E-state index contributed by atoms with van der Waals surface area (Å²) < 4.78 is 0. The minimum atomic E-state index is 0.951. The van der Waals surface area contributed by atoms with Gasteiger partial charge in [0, 0.05) is 0 Å². The summed E-state index contributed by atoms with van der Waals surface area (Å²) in [6, 6.07) is 0. The second-order valence-electron chi connectivity index (χ2n) is 11.8. The van der Waals surface area contributed by atoms with Gasteiger partial charge in [-0.1, -0.05) is 181 Å². The average Bonchev–Trinajstić information content (AvgIpc) is 2.83. The maximum atomic E-state index is 4.44. The molecular weight excluding hydrogens is 408 g/mol. The Balaban J connectivity index is 3.64. The third-order valence-electron chi connectivity index (χ3n) is 8.12. The zero-order valence-electron chi connectivity index (χ0n) is 24.7. The SMILES string of the molecule is C=C(CCCCCCCCC(C)CCCCCCCC)CCC(CCCCC)CCCCCC.